The van der Waals surface area contributed by atoms with Gasteiger partial charge in [-0.25, -0.2) is 4.68 Å². The maximum atomic E-state index is 13.0. The summed E-state index contributed by atoms with van der Waals surface area (Å²) in [6.45, 7) is 5.43. The van der Waals surface area contributed by atoms with Crippen molar-refractivity contribution in [2.75, 3.05) is 18.0 Å². The first kappa shape index (κ1) is 19.7. The Bertz CT molecular complexity index is 918. The minimum atomic E-state index is -0.343. The van der Waals surface area contributed by atoms with Crippen LogP contribution in [-0.4, -0.2) is 34.8 Å². The Morgan fingerprint density at radius 3 is 2.62 bits per heavy atom. The van der Waals surface area contributed by atoms with Gasteiger partial charge < -0.3 is 10.2 Å². The summed E-state index contributed by atoms with van der Waals surface area (Å²) >= 11 is 0. The number of carbonyl (C=O) groups excluding carboxylic acids is 1. The summed E-state index contributed by atoms with van der Waals surface area (Å²) in [5, 5.41) is 7.82. The van der Waals surface area contributed by atoms with Gasteiger partial charge in [0.15, 0.2) is 0 Å². The third-order valence-corrected chi connectivity index (χ3v) is 6.23. The zero-order chi connectivity index (χ0) is 20.4. The first-order valence-electron chi connectivity index (χ1n) is 10.7. The molecule has 1 unspecified atom stereocenters. The number of rotatable bonds is 6. The largest absolute Gasteiger partial charge is 0.353 e. The van der Waals surface area contributed by atoms with E-state index < -0.39 is 0 Å². The molecule has 2 fully saturated rings. The van der Waals surface area contributed by atoms with Crippen LogP contribution in [0.2, 0.25) is 0 Å². The van der Waals surface area contributed by atoms with Crippen LogP contribution in [-0.2, 0) is 10.2 Å². The Hall–Kier alpha value is -2.63. The molecular weight excluding hydrogens is 364 g/mol. The van der Waals surface area contributed by atoms with Gasteiger partial charge in [-0.05, 0) is 57.6 Å². The number of nitrogens with zero attached hydrogens (tertiary/aromatic N) is 3. The molecule has 0 radical (unpaired) electrons. The fraction of sp³-hybridized carbons (Fsp3) is 0.522. The highest BCUT2D eigenvalue weighted by Crippen LogP contribution is 2.48. The van der Waals surface area contributed by atoms with E-state index >= 15 is 0 Å². The van der Waals surface area contributed by atoms with Crippen molar-refractivity contribution < 1.29 is 4.79 Å². The van der Waals surface area contributed by atoms with Gasteiger partial charge in [0.25, 0.3) is 5.56 Å². The van der Waals surface area contributed by atoms with Crippen LogP contribution in [0.1, 0.15) is 57.6 Å². The quantitative estimate of drug-likeness (QED) is 0.818. The molecule has 6 heteroatoms. The van der Waals surface area contributed by atoms with Crippen LogP contribution in [0.15, 0.2) is 47.3 Å². The SMILES string of the molecule is CC(C)n1nc(N2CCCCC2CNC(=O)C2(c3ccccc3)CC2)ccc1=O. The fourth-order valence-electron chi connectivity index (χ4n) is 4.36. The zero-order valence-corrected chi connectivity index (χ0v) is 17.3. The van der Waals surface area contributed by atoms with Gasteiger partial charge in [0.1, 0.15) is 5.82 Å². The summed E-state index contributed by atoms with van der Waals surface area (Å²) in [5.74, 6) is 0.954. The lowest BCUT2D eigenvalue weighted by Gasteiger charge is -2.37. The van der Waals surface area contributed by atoms with Crippen molar-refractivity contribution in [2.45, 2.75) is 63.5 Å². The second-order valence-corrected chi connectivity index (χ2v) is 8.57. The van der Waals surface area contributed by atoms with Crippen LogP contribution in [0.5, 0.6) is 0 Å². The summed E-state index contributed by atoms with van der Waals surface area (Å²) in [5.41, 5.74) is 0.692. The molecule has 2 aromatic rings. The number of hydrogen-bond acceptors (Lipinski definition) is 4. The van der Waals surface area contributed by atoms with Crippen molar-refractivity contribution >= 4 is 11.7 Å². The van der Waals surface area contributed by atoms with Crippen LogP contribution in [0.4, 0.5) is 5.82 Å². The van der Waals surface area contributed by atoms with Crippen molar-refractivity contribution in [3.05, 3.63) is 58.4 Å². The van der Waals surface area contributed by atoms with Crippen molar-refractivity contribution in [3.63, 3.8) is 0 Å². The predicted molar refractivity (Wildman–Crippen MR) is 114 cm³/mol. The molecule has 1 aliphatic heterocycles. The third-order valence-electron chi connectivity index (χ3n) is 6.23. The van der Waals surface area contributed by atoms with Crippen molar-refractivity contribution in [1.29, 1.82) is 0 Å². The van der Waals surface area contributed by atoms with Crippen LogP contribution in [0, 0.1) is 0 Å². The lowest BCUT2D eigenvalue weighted by Crippen LogP contribution is -2.49. The predicted octanol–water partition coefficient (Wildman–Crippen LogP) is 3.03. The van der Waals surface area contributed by atoms with Gasteiger partial charge in [0, 0.05) is 25.2 Å². The molecule has 1 saturated heterocycles. The number of anilines is 1. The van der Waals surface area contributed by atoms with Crippen LogP contribution in [0.3, 0.4) is 0 Å². The Morgan fingerprint density at radius 2 is 1.93 bits per heavy atom. The minimum absolute atomic E-state index is 0.0194. The molecule has 6 nitrogen and oxygen atoms in total. The highest BCUT2D eigenvalue weighted by atomic mass is 16.2. The average molecular weight is 395 g/mol. The zero-order valence-electron chi connectivity index (χ0n) is 17.3. The van der Waals surface area contributed by atoms with Gasteiger partial charge >= 0.3 is 0 Å². The van der Waals surface area contributed by atoms with Gasteiger partial charge in [-0.3, -0.25) is 9.59 Å². The number of piperidine rings is 1. The molecule has 1 aromatic carbocycles. The molecule has 2 aliphatic rings. The molecule has 1 aromatic heterocycles. The van der Waals surface area contributed by atoms with Crippen molar-refractivity contribution in [2.24, 2.45) is 0 Å². The van der Waals surface area contributed by atoms with Crippen molar-refractivity contribution in [3.8, 4) is 0 Å². The number of aromatic nitrogens is 2. The molecule has 1 N–H and O–H groups in total. The van der Waals surface area contributed by atoms with E-state index in [1.165, 1.54) is 4.68 Å². The standard InChI is InChI=1S/C23H30N4O2/c1-17(2)27-21(28)12-11-20(25-27)26-15-7-6-10-19(26)16-24-22(29)23(13-14-23)18-8-4-3-5-9-18/h3-5,8-9,11-12,17,19H,6-7,10,13-16H2,1-2H3,(H,24,29). The topological polar surface area (TPSA) is 67.2 Å². The minimum Gasteiger partial charge on any atom is -0.353 e. The molecule has 1 saturated carbocycles. The van der Waals surface area contributed by atoms with E-state index in [1.54, 1.807) is 6.07 Å². The van der Waals surface area contributed by atoms with Crippen LogP contribution < -0.4 is 15.8 Å². The summed E-state index contributed by atoms with van der Waals surface area (Å²) in [7, 11) is 0. The average Bonchev–Trinajstić information content (AvgIpc) is 3.55. The molecule has 1 atom stereocenters. The molecule has 4 rings (SSSR count). The smallest absolute Gasteiger partial charge is 0.267 e. The van der Waals surface area contributed by atoms with E-state index in [9.17, 15) is 9.59 Å². The lowest BCUT2D eigenvalue weighted by molar-refractivity contribution is -0.123. The summed E-state index contributed by atoms with van der Waals surface area (Å²) in [6.07, 6.45) is 5.09. The Labute approximate surface area is 171 Å². The molecule has 2 heterocycles. The highest BCUT2D eigenvalue weighted by molar-refractivity contribution is 5.91. The summed E-state index contributed by atoms with van der Waals surface area (Å²) in [6, 6.07) is 13.7. The molecule has 1 aliphatic carbocycles. The number of benzene rings is 1. The van der Waals surface area contributed by atoms with E-state index in [1.807, 2.05) is 38.1 Å². The number of nitrogens with one attached hydrogen (secondary N) is 1. The molecule has 154 valence electrons. The maximum Gasteiger partial charge on any atom is 0.267 e. The summed E-state index contributed by atoms with van der Waals surface area (Å²) in [4.78, 5) is 27.3. The number of amides is 1. The molecule has 29 heavy (non-hydrogen) atoms. The molecular formula is C23H30N4O2. The first-order chi connectivity index (χ1) is 14.0. The molecule has 1 amide bonds. The Morgan fingerprint density at radius 1 is 1.17 bits per heavy atom. The Balaban J connectivity index is 1.47. The second-order valence-electron chi connectivity index (χ2n) is 8.57. The highest BCUT2D eigenvalue weighted by Gasteiger charge is 2.51. The van der Waals surface area contributed by atoms with Gasteiger partial charge in [-0.1, -0.05) is 30.3 Å². The maximum absolute atomic E-state index is 13.0. The van der Waals surface area contributed by atoms with Crippen molar-refractivity contribution in [1.82, 2.24) is 15.1 Å². The Kier molecular flexibility index (Phi) is 5.43. The molecule has 0 spiro atoms. The normalized spacial score (nSPS) is 20.5. The second kappa shape index (κ2) is 8.01. The van der Waals surface area contributed by atoms with E-state index in [0.29, 0.717) is 6.54 Å². The number of carbonyl (C=O) groups is 1. The van der Waals surface area contributed by atoms with E-state index in [2.05, 4.69) is 27.4 Å². The van der Waals surface area contributed by atoms with Gasteiger partial charge in [-0.15, -0.1) is 0 Å². The first-order valence-corrected chi connectivity index (χ1v) is 10.7. The van der Waals surface area contributed by atoms with Gasteiger partial charge in [-0.2, -0.15) is 5.10 Å². The fourth-order valence-corrected chi connectivity index (χ4v) is 4.36. The van der Waals surface area contributed by atoms with Gasteiger partial charge in [0.05, 0.1) is 11.5 Å². The van der Waals surface area contributed by atoms with E-state index in [-0.39, 0.29) is 29.0 Å². The summed E-state index contributed by atoms with van der Waals surface area (Å²) < 4.78 is 1.54. The third kappa shape index (κ3) is 3.93. The van der Waals surface area contributed by atoms with Crippen LogP contribution >= 0.6 is 0 Å². The lowest BCUT2D eigenvalue weighted by atomic mass is 9.94. The van der Waals surface area contributed by atoms with E-state index in [0.717, 1.165) is 50.0 Å². The van der Waals surface area contributed by atoms with Crippen LogP contribution in [0.25, 0.3) is 0 Å². The number of hydrogen-bond donors (Lipinski definition) is 1. The van der Waals surface area contributed by atoms with Gasteiger partial charge in [0.2, 0.25) is 5.91 Å². The van der Waals surface area contributed by atoms with E-state index in [4.69, 9.17) is 0 Å². The molecule has 0 bridgehead atoms. The monoisotopic (exact) mass is 394 g/mol.